The standard InChI is InChI=1S/C21H25ClN6O/c1-15-12-16(2)28-21(23-15)24-19(25-28)13-20(29)27-9-3-8-26(10-11-27)14-17-4-6-18(22)7-5-17/h4-7,12H,3,8-11,13-14H2,1-2H3. The van der Waals surface area contributed by atoms with Gasteiger partial charge in [-0.2, -0.15) is 4.98 Å². The number of benzene rings is 1. The van der Waals surface area contributed by atoms with Crippen molar-refractivity contribution in [2.75, 3.05) is 26.2 Å². The van der Waals surface area contributed by atoms with Gasteiger partial charge in [0.15, 0.2) is 5.82 Å². The summed E-state index contributed by atoms with van der Waals surface area (Å²) in [6.45, 7) is 8.08. The summed E-state index contributed by atoms with van der Waals surface area (Å²) < 4.78 is 1.70. The van der Waals surface area contributed by atoms with Crippen molar-refractivity contribution in [1.82, 2.24) is 29.4 Å². The van der Waals surface area contributed by atoms with Gasteiger partial charge in [0.25, 0.3) is 5.78 Å². The average Bonchev–Trinajstić information content (AvgIpc) is 2.93. The van der Waals surface area contributed by atoms with Crippen molar-refractivity contribution in [3.8, 4) is 0 Å². The molecule has 1 aromatic carbocycles. The Morgan fingerprint density at radius 2 is 1.86 bits per heavy atom. The summed E-state index contributed by atoms with van der Waals surface area (Å²) >= 11 is 5.97. The molecule has 0 unspecified atom stereocenters. The first kappa shape index (κ1) is 19.8. The fraction of sp³-hybridized carbons (Fsp3) is 0.429. The Balaban J connectivity index is 1.37. The minimum absolute atomic E-state index is 0.0728. The van der Waals surface area contributed by atoms with Gasteiger partial charge in [-0.25, -0.2) is 9.50 Å². The second kappa shape index (κ2) is 8.47. The predicted octanol–water partition coefficient (Wildman–Crippen LogP) is 2.67. The smallest absolute Gasteiger partial charge is 0.252 e. The molecular formula is C21H25ClN6O. The van der Waals surface area contributed by atoms with Crippen molar-refractivity contribution in [3.05, 3.63) is 58.1 Å². The molecular weight excluding hydrogens is 388 g/mol. The molecule has 3 aromatic rings. The van der Waals surface area contributed by atoms with Crippen LogP contribution in [0.2, 0.25) is 5.02 Å². The van der Waals surface area contributed by atoms with E-state index in [0.29, 0.717) is 11.6 Å². The number of aromatic nitrogens is 4. The molecule has 0 N–H and O–H groups in total. The monoisotopic (exact) mass is 412 g/mol. The zero-order chi connectivity index (χ0) is 20.4. The van der Waals surface area contributed by atoms with Crippen molar-refractivity contribution < 1.29 is 4.79 Å². The van der Waals surface area contributed by atoms with E-state index in [0.717, 1.165) is 55.6 Å². The van der Waals surface area contributed by atoms with E-state index in [1.54, 1.807) is 4.52 Å². The second-order valence-electron chi connectivity index (χ2n) is 7.59. The number of rotatable bonds is 4. The molecule has 1 amide bonds. The fourth-order valence-electron chi connectivity index (χ4n) is 3.76. The molecule has 7 nitrogen and oxygen atoms in total. The third-order valence-electron chi connectivity index (χ3n) is 5.23. The van der Waals surface area contributed by atoms with Crippen LogP contribution in [0.5, 0.6) is 0 Å². The van der Waals surface area contributed by atoms with Crippen LogP contribution < -0.4 is 0 Å². The van der Waals surface area contributed by atoms with E-state index in [1.165, 1.54) is 5.56 Å². The van der Waals surface area contributed by atoms with Gasteiger partial charge in [-0.1, -0.05) is 23.7 Å². The summed E-state index contributed by atoms with van der Waals surface area (Å²) in [4.78, 5) is 26.0. The highest BCUT2D eigenvalue weighted by Gasteiger charge is 2.21. The predicted molar refractivity (Wildman–Crippen MR) is 112 cm³/mol. The molecule has 0 radical (unpaired) electrons. The van der Waals surface area contributed by atoms with Gasteiger partial charge in [-0.3, -0.25) is 9.69 Å². The molecule has 1 aliphatic heterocycles. The summed E-state index contributed by atoms with van der Waals surface area (Å²) in [5.41, 5.74) is 3.10. The zero-order valence-corrected chi connectivity index (χ0v) is 17.6. The Kier molecular flexibility index (Phi) is 5.78. The Bertz CT molecular complexity index is 1020. The molecule has 3 heterocycles. The van der Waals surface area contributed by atoms with Gasteiger partial charge in [-0.05, 0) is 44.0 Å². The normalized spacial score (nSPS) is 15.6. The number of halogens is 1. The molecule has 1 saturated heterocycles. The summed E-state index contributed by atoms with van der Waals surface area (Å²) in [5, 5.41) is 5.22. The summed E-state index contributed by atoms with van der Waals surface area (Å²) in [6.07, 6.45) is 1.16. The maximum atomic E-state index is 12.8. The van der Waals surface area contributed by atoms with Crippen molar-refractivity contribution >= 4 is 23.3 Å². The lowest BCUT2D eigenvalue weighted by molar-refractivity contribution is -0.130. The van der Waals surface area contributed by atoms with E-state index in [2.05, 4.69) is 32.1 Å². The first-order chi connectivity index (χ1) is 14.0. The maximum absolute atomic E-state index is 12.8. The fourth-order valence-corrected chi connectivity index (χ4v) is 3.88. The molecule has 0 aliphatic carbocycles. The molecule has 152 valence electrons. The average molecular weight is 413 g/mol. The minimum Gasteiger partial charge on any atom is -0.341 e. The van der Waals surface area contributed by atoms with E-state index in [-0.39, 0.29) is 12.3 Å². The summed E-state index contributed by atoms with van der Waals surface area (Å²) in [7, 11) is 0. The van der Waals surface area contributed by atoms with Crippen molar-refractivity contribution in [1.29, 1.82) is 0 Å². The van der Waals surface area contributed by atoms with Crippen LogP contribution in [0.25, 0.3) is 5.78 Å². The highest BCUT2D eigenvalue weighted by Crippen LogP contribution is 2.14. The number of carbonyl (C=O) groups is 1. The Morgan fingerprint density at radius 1 is 1.07 bits per heavy atom. The molecule has 4 rings (SSSR count). The van der Waals surface area contributed by atoms with Crippen LogP contribution in [0.3, 0.4) is 0 Å². The number of fused-ring (bicyclic) bond motifs is 1. The van der Waals surface area contributed by atoms with E-state index in [1.807, 2.05) is 36.9 Å². The number of aryl methyl sites for hydroxylation is 2. The molecule has 1 fully saturated rings. The van der Waals surface area contributed by atoms with E-state index in [4.69, 9.17) is 11.6 Å². The van der Waals surface area contributed by atoms with Gasteiger partial charge >= 0.3 is 0 Å². The highest BCUT2D eigenvalue weighted by molar-refractivity contribution is 6.30. The van der Waals surface area contributed by atoms with Gasteiger partial charge in [-0.15, -0.1) is 5.10 Å². The highest BCUT2D eigenvalue weighted by atomic mass is 35.5. The van der Waals surface area contributed by atoms with Gasteiger partial charge in [0, 0.05) is 49.1 Å². The van der Waals surface area contributed by atoms with Gasteiger partial charge in [0.05, 0.1) is 6.42 Å². The summed E-state index contributed by atoms with van der Waals surface area (Å²) in [6, 6.07) is 9.91. The molecule has 0 bridgehead atoms. The van der Waals surface area contributed by atoms with Crippen LogP contribution in [-0.4, -0.2) is 61.5 Å². The first-order valence-electron chi connectivity index (χ1n) is 9.92. The third-order valence-corrected chi connectivity index (χ3v) is 5.48. The number of amides is 1. The Hall–Kier alpha value is -2.51. The molecule has 1 aliphatic rings. The second-order valence-corrected chi connectivity index (χ2v) is 8.03. The lowest BCUT2D eigenvalue weighted by Crippen LogP contribution is -2.36. The molecule has 0 atom stereocenters. The van der Waals surface area contributed by atoms with Crippen LogP contribution >= 0.6 is 11.6 Å². The lowest BCUT2D eigenvalue weighted by atomic mass is 10.2. The molecule has 0 spiro atoms. The quantitative estimate of drug-likeness (QED) is 0.659. The Morgan fingerprint density at radius 3 is 2.66 bits per heavy atom. The van der Waals surface area contributed by atoms with Crippen molar-refractivity contribution in [3.63, 3.8) is 0 Å². The number of carbonyl (C=O) groups excluding carboxylic acids is 1. The molecule has 0 saturated carbocycles. The van der Waals surface area contributed by atoms with E-state index < -0.39 is 0 Å². The SMILES string of the molecule is Cc1cc(C)n2nc(CC(=O)N3CCCN(Cc4ccc(Cl)cc4)CC3)nc2n1. The third kappa shape index (κ3) is 4.74. The van der Waals surface area contributed by atoms with Crippen molar-refractivity contribution in [2.24, 2.45) is 0 Å². The molecule has 8 heteroatoms. The van der Waals surface area contributed by atoms with Crippen LogP contribution in [0.15, 0.2) is 30.3 Å². The van der Waals surface area contributed by atoms with Crippen LogP contribution in [0, 0.1) is 13.8 Å². The van der Waals surface area contributed by atoms with Gasteiger partial charge < -0.3 is 4.90 Å². The minimum atomic E-state index is 0.0728. The number of nitrogens with zero attached hydrogens (tertiary/aromatic N) is 6. The van der Waals surface area contributed by atoms with E-state index >= 15 is 0 Å². The van der Waals surface area contributed by atoms with Crippen LogP contribution in [0.4, 0.5) is 0 Å². The zero-order valence-electron chi connectivity index (χ0n) is 16.8. The van der Waals surface area contributed by atoms with Crippen LogP contribution in [-0.2, 0) is 17.8 Å². The Labute approximate surface area is 175 Å². The number of hydrogen-bond donors (Lipinski definition) is 0. The maximum Gasteiger partial charge on any atom is 0.252 e. The number of hydrogen-bond acceptors (Lipinski definition) is 5. The van der Waals surface area contributed by atoms with Crippen molar-refractivity contribution in [2.45, 2.75) is 33.2 Å². The van der Waals surface area contributed by atoms with Crippen LogP contribution in [0.1, 0.15) is 29.2 Å². The largest absolute Gasteiger partial charge is 0.341 e. The first-order valence-corrected chi connectivity index (χ1v) is 10.3. The van der Waals surface area contributed by atoms with Gasteiger partial charge in [0.2, 0.25) is 5.91 Å². The van der Waals surface area contributed by atoms with E-state index in [9.17, 15) is 4.79 Å². The lowest BCUT2D eigenvalue weighted by Gasteiger charge is -2.21. The molecule has 2 aromatic heterocycles. The molecule has 29 heavy (non-hydrogen) atoms. The summed E-state index contributed by atoms with van der Waals surface area (Å²) in [5.74, 6) is 1.15. The van der Waals surface area contributed by atoms with Gasteiger partial charge in [0.1, 0.15) is 0 Å². The topological polar surface area (TPSA) is 66.6 Å².